The Morgan fingerprint density at radius 2 is 1.56 bits per heavy atom. The fraction of sp³-hybridized carbons (Fsp3) is 0.732. The van der Waals surface area contributed by atoms with Gasteiger partial charge >= 0.3 is 5.97 Å². The molecule has 2 aliphatic heterocycles. The van der Waals surface area contributed by atoms with Crippen LogP contribution in [0.15, 0.2) is 42.1 Å². The van der Waals surface area contributed by atoms with Crippen LogP contribution < -0.4 is 16.0 Å². The van der Waals surface area contributed by atoms with Gasteiger partial charge in [0.05, 0.1) is 43.2 Å². The average Bonchev–Trinajstić information content (AvgIpc) is 4.09. The summed E-state index contributed by atoms with van der Waals surface area (Å²) in [5.74, 6) is -2.81. The minimum absolute atomic E-state index is 0.00412. The zero-order valence-electron chi connectivity index (χ0n) is 46.2. The van der Waals surface area contributed by atoms with Crippen molar-refractivity contribution in [1.82, 2.24) is 30.7 Å². The van der Waals surface area contributed by atoms with Crippen molar-refractivity contribution in [3.05, 3.63) is 47.7 Å². The molecule has 4 rings (SSSR count). The van der Waals surface area contributed by atoms with E-state index < -0.39 is 53.4 Å². The van der Waals surface area contributed by atoms with Crippen LogP contribution in [0.2, 0.25) is 0 Å². The highest BCUT2D eigenvalue weighted by Gasteiger charge is 2.44. The first kappa shape index (κ1) is 61.5. The van der Waals surface area contributed by atoms with Gasteiger partial charge in [-0.3, -0.25) is 33.7 Å². The Labute approximate surface area is 431 Å². The largest absolute Gasteiger partial charge is 0.458 e. The lowest BCUT2D eigenvalue weighted by Gasteiger charge is -2.39. The number of benzene rings is 1. The van der Waals surface area contributed by atoms with Gasteiger partial charge < -0.3 is 40.0 Å². The van der Waals surface area contributed by atoms with Gasteiger partial charge in [-0.25, -0.2) is 4.79 Å². The predicted molar refractivity (Wildman–Crippen MR) is 280 cm³/mol. The van der Waals surface area contributed by atoms with E-state index in [2.05, 4.69) is 35.9 Å². The molecule has 1 saturated carbocycles. The van der Waals surface area contributed by atoms with Crippen LogP contribution in [0.3, 0.4) is 0 Å². The molecule has 3 N–H and O–H groups in total. The molecule has 7 atom stereocenters. The van der Waals surface area contributed by atoms with E-state index in [4.69, 9.17) is 14.2 Å². The maximum atomic E-state index is 14.4. The molecule has 16 nitrogen and oxygen atoms in total. The summed E-state index contributed by atoms with van der Waals surface area (Å²) in [5.41, 5.74) is -0.0115. The zero-order chi connectivity index (χ0) is 53.8. The first-order chi connectivity index (χ1) is 34.0. The lowest BCUT2D eigenvalue weighted by molar-refractivity contribution is -0.159. The molecule has 3 fully saturated rings. The Bertz CT molecular complexity index is 1950. The lowest BCUT2D eigenvalue weighted by atomic mass is 9.89. The summed E-state index contributed by atoms with van der Waals surface area (Å²) < 4.78 is 17.8. The number of nitrogens with zero attached hydrogens (tertiary/aromatic N) is 3. The third-order valence-electron chi connectivity index (χ3n) is 13.9. The summed E-state index contributed by atoms with van der Waals surface area (Å²) in [6, 6.07) is 7.65. The third-order valence-corrected chi connectivity index (χ3v) is 13.9. The smallest absolute Gasteiger partial charge is 0.329 e. The van der Waals surface area contributed by atoms with Crippen molar-refractivity contribution in [3.63, 3.8) is 0 Å². The summed E-state index contributed by atoms with van der Waals surface area (Å²) in [6.45, 7) is 19.4. The molecule has 2 saturated heterocycles. The Balaban J connectivity index is 0.00000445. The second-order valence-corrected chi connectivity index (χ2v) is 21.7. The van der Waals surface area contributed by atoms with Crippen molar-refractivity contribution in [1.29, 1.82) is 0 Å². The molecule has 1 aliphatic carbocycles. The summed E-state index contributed by atoms with van der Waals surface area (Å²) in [6.07, 6.45) is 11.4. The number of allylic oxidation sites excluding steroid dienone is 2. The van der Waals surface area contributed by atoms with Crippen LogP contribution in [0.25, 0.3) is 0 Å². The number of rotatable bonds is 26. The molecular formula is C56H92N6O10. The quantitative estimate of drug-likeness (QED) is 0.0480. The number of ether oxygens (including phenoxy) is 3. The van der Waals surface area contributed by atoms with E-state index in [1.807, 2.05) is 37.3 Å². The van der Waals surface area contributed by atoms with E-state index in [1.54, 1.807) is 72.4 Å². The van der Waals surface area contributed by atoms with Gasteiger partial charge in [0.2, 0.25) is 35.4 Å². The molecule has 72 heavy (non-hydrogen) atoms. The first-order valence-corrected chi connectivity index (χ1v) is 26.8. The van der Waals surface area contributed by atoms with Crippen molar-refractivity contribution in [2.45, 2.75) is 207 Å². The number of carbonyl (C=O) groups excluding carboxylic acids is 7. The topological polar surface area (TPSA) is 193 Å². The monoisotopic (exact) mass is 1010 g/mol. The van der Waals surface area contributed by atoms with E-state index in [0.29, 0.717) is 38.8 Å². The van der Waals surface area contributed by atoms with Crippen molar-refractivity contribution in [3.8, 4) is 0 Å². The number of likely N-dealkylation sites (N-methyl/N-ethyl adjacent to an activating group) is 1. The molecule has 16 heteroatoms. The summed E-state index contributed by atoms with van der Waals surface area (Å²) >= 11 is 0. The normalized spacial score (nSPS) is 19.7. The number of carbonyl (C=O) groups is 7. The fourth-order valence-electron chi connectivity index (χ4n) is 10.2. The number of hydrogen-bond acceptors (Lipinski definition) is 11. The van der Waals surface area contributed by atoms with Gasteiger partial charge in [-0.05, 0) is 97.5 Å². The molecule has 2 heterocycles. The molecule has 0 bridgehead atoms. The molecule has 3 aliphatic rings. The average molecular weight is 1010 g/mol. The molecule has 1 aromatic carbocycles. The van der Waals surface area contributed by atoms with Crippen LogP contribution in [-0.4, -0.2) is 138 Å². The minimum Gasteiger partial charge on any atom is -0.458 e. The van der Waals surface area contributed by atoms with Crippen LogP contribution in [0.5, 0.6) is 0 Å². The van der Waals surface area contributed by atoms with Gasteiger partial charge in [-0.2, -0.15) is 0 Å². The molecular weight excluding hydrogens is 917 g/mol. The molecule has 0 spiro atoms. The molecule has 406 valence electrons. The van der Waals surface area contributed by atoms with E-state index in [1.165, 1.54) is 18.4 Å². The number of esters is 1. The maximum absolute atomic E-state index is 14.4. The Kier molecular flexibility index (Phi) is 25.4. The van der Waals surface area contributed by atoms with Crippen LogP contribution >= 0.6 is 0 Å². The van der Waals surface area contributed by atoms with E-state index in [0.717, 1.165) is 56.2 Å². The Morgan fingerprint density at radius 1 is 0.903 bits per heavy atom. The van der Waals surface area contributed by atoms with E-state index >= 15 is 0 Å². The highest BCUT2D eigenvalue weighted by molar-refractivity contribution is 6.03. The van der Waals surface area contributed by atoms with Gasteiger partial charge in [0.25, 0.3) is 0 Å². The number of hydrogen-bond donors (Lipinski definition) is 3. The number of likely N-dealkylation sites (tertiary alicyclic amines) is 2. The number of nitrogens with one attached hydrogen (secondary N) is 3. The Morgan fingerprint density at radius 3 is 2.12 bits per heavy atom. The molecule has 6 amide bonds. The number of unbranched alkanes of at least 4 members (excludes halogenated alkanes) is 2. The Hall–Kier alpha value is -4.83. The van der Waals surface area contributed by atoms with Crippen LogP contribution in [0.4, 0.5) is 0 Å². The lowest BCUT2D eigenvalue weighted by Crippen LogP contribution is -2.56. The van der Waals surface area contributed by atoms with Crippen molar-refractivity contribution in [2.24, 2.45) is 17.8 Å². The van der Waals surface area contributed by atoms with Crippen LogP contribution in [0.1, 0.15) is 165 Å². The summed E-state index contributed by atoms with van der Waals surface area (Å²) in [7, 11) is 4.82. The third kappa shape index (κ3) is 18.6. The SMILES string of the molecule is CC/C=C(\CCCCCN1C(=O)CC(C)C1=O)NC(C)(C)C(=O)NCC(=O)N(C)C(C1CCCC1)C(CC(=O)N1CCCC1C(OC)C(C)C(=O)NC(Cc1ccccc1)C(=O)OC(C)(C)C)OC.CCC. The molecule has 7 unspecified atom stereocenters. The number of imide groups is 1. The summed E-state index contributed by atoms with van der Waals surface area (Å²) in [4.78, 5) is 98.8. The second-order valence-electron chi connectivity index (χ2n) is 21.7. The van der Waals surface area contributed by atoms with Gasteiger partial charge in [-0.1, -0.05) is 96.7 Å². The number of amides is 6. The maximum Gasteiger partial charge on any atom is 0.329 e. The molecule has 0 radical (unpaired) electrons. The van der Waals surface area contributed by atoms with Crippen molar-refractivity contribution in [2.75, 3.05) is 40.9 Å². The van der Waals surface area contributed by atoms with Gasteiger partial charge in [0.15, 0.2) is 0 Å². The highest BCUT2D eigenvalue weighted by atomic mass is 16.6. The van der Waals surface area contributed by atoms with Gasteiger partial charge in [0, 0.05) is 58.8 Å². The van der Waals surface area contributed by atoms with E-state index in [-0.39, 0.29) is 73.1 Å². The first-order valence-electron chi connectivity index (χ1n) is 26.8. The van der Waals surface area contributed by atoms with Crippen LogP contribution in [-0.2, 0) is 54.2 Å². The summed E-state index contributed by atoms with van der Waals surface area (Å²) in [5, 5.41) is 9.19. The fourth-order valence-corrected chi connectivity index (χ4v) is 10.2. The van der Waals surface area contributed by atoms with Crippen LogP contribution in [0, 0.1) is 17.8 Å². The number of methoxy groups -OCH3 is 2. The van der Waals surface area contributed by atoms with Gasteiger partial charge in [0.1, 0.15) is 17.2 Å². The second kappa shape index (κ2) is 29.8. The molecule has 0 aromatic heterocycles. The van der Waals surface area contributed by atoms with Gasteiger partial charge in [-0.15, -0.1) is 0 Å². The standard InChI is InChI=1S/C53H84N6O10.C3H8/c1-12-22-39(27-17-14-20-29-59-43(60)31-35(2)49(59)64)56-53(7,8)51(66)54-34-45(62)57(9)46(38-25-18-19-26-38)42(67-10)33-44(61)58-30-21-28-41(58)47(68-11)36(3)48(63)55-40(50(65)69-52(4,5)6)32-37-23-15-13-16-24-37;1-3-2/h13,15-16,22-24,35-36,38,40-42,46-47,56H,12,14,17-21,25-34H2,1-11H3,(H,54,66)(H,55,63);3H2,1-2H3/b39-22+;. The van der Waals surface area contributed by atoms with Crippen molar-refractivity contribution < 1.29 is 47.8 Å². The minimum atomic E-state index is -1.04. The molecule has 1 aromatic rings. The predicted octanol–water partition coefficient (Wildman–Crippen LogP) is 7.27. The van der Waals surface area contributed by atoms with E-state index in [9.17, 15) is 33.6 Å². The van der Waals surface area contributed by atoms with Crippen molar-refractivity contribution >= 4 is 41.4 Å². The highest BCUT2D eigenvalue weighted by Crippen LogP contribution is 2.35. The zero-order valence-corrected chi connectivity index (χ0v) is 46.2.